The maximum Gasteiger partial charge on any atom is 0.156 e. The summed E-state index contributed by atoms with van der Waals surface area (Å²) in [5.74, 6) is 1.59. The van der Waals surface area contributed by atoms with Gasteiger partial charge in [0, 0.05) is 0 Å². The molecule has 0 aliphatic rings. The van der Waals surface area contributed by atoms with Crippen LogP contribution in [0.25, 0.3) is 0 Å². The van der Waals surface area contributed by atoms with Crippen molar-refractivity contribution in [1.29, 1.82) is 0 Å². The van der Waals surface area contributed by atoms with Crippen LogP contribution in [0.2, 0.25) is 0 Å². The molecule has 0 N–H and O–H groups in total. The van der Waals surface area contributed by atoms with Crippen LogP contribution in [0.15, 0.2) is 23.7 Å². The fraction of sp³-hybridized carbons (Fsp3) is 0.556. The van der Waals surface area contributed by atoms with Crippen molar-refractivity contribution in [2.75, 3.05) is 14.2 Å². The number of rotatable bonds is 4. The molecule has 0 unspecified atom stereocenters. The third-order valence-electron chi connectivity index (χ3n) is 1.33. The van der Waals surface area contributed by atoms with Gasteiger partial charge in [-0.05, 0) is 25.5 Å². The van der Waals surface area contributed by atoms with Gasteiger partial charge < -0.3 is 9.47 Å². The average Bonchev–Trinajstić information content (AvgIpc) is 2.05. The zero-order chi connectivity index (χ0) is 8.69. The van der Waals surface area contributed by atoms with Crippen LogP contribution < -0.4 is 0 Å². The van der Waals surface area contributed by atoms with Crippen molar-refractivity contribution in [3.05, 3.63) is 23.7 Å². The second kappa shape index (κ2) is 5.83. The summed E-state index contributed by atoms with van der Waals surface area (Å²) >= 11 is 0. The molecule has 0 amide bonds. The van der Waals surface area contributed by atoms with E-state index in [0.717, 1.165) is 17.9 Å². The van der Waals surface area contributed by atoms with Crippen molar-refractivity contribution < 1.29 is 9.47 Å². The zero-order valence-corrected chi connectivity index (χ0v) is 7.68. The van der Waals surface area contributed by atoms with E-state index >= 15 is 0 Å². The van der Waals surface area contributed by atoms with E-state index in [1.165, 1.54) is 0 Å². The summed E-state index contributed by atoms with van der Waals surface area (Å²) in [5, 5.41) is 0. The first-order valence-corrected chi connectivity index (χ1v) is 3.74. The molecule has 0 aliphatic carbocycles. The predicted molar refractivity (Wildman–Crippen MR) is 46.1 cm³/mol. The number of ether oxygens (including phenoxy) is 2. The van der Waals surface area contributed by atoms with Gasteiger partial charge in [-0.3, -0.25) is 0 Å². The predicted octanol–water partition coefficient (Wildman–Crippen LogP) is 2.48. The van der Waals surface area contributed by atoms with E-state index < -0.39 is 0 Å². The highest BCUT2D eigenvalue weighted by atomic mass is 16.5. The fourth-order valence-electron chi connectivity index (χ4n) is 0.831. The molecule has 0 aliphatic heterocycles. The normalized spacial score (nSPS) is 13.1. The van der Waals surface area contributed by atoms with Gasteiger partial charge in [0.1, 0.15) is 0 Å². The van der Waals surface area contributed by atoms with Gasteiger partial charge >= 0.3 is 0 Å². The SMILES string of the molecule is CC=C(OC)C(=CCC)OC. The molecule has 0 aromatic carbocycles. The lowest BCUT2D eigenvalue weighted by Crippen LogP contribution is -1.94. The average molecular weight is 156 g/mol. The standard InChI is InChI=1S/C9H16O2/c1-5-7-9(11-4)8(6-2)10-3/h6-7H,5H2,1-4H3. The first kappa shape index (κ1) is 10.1. The van der Waals surface area contributed by atoms with Crippen LogP contribution in [0.4, 0.5) is 0 Å². The molecule has 0 radical (unpaired) electrons. The van der Waals surface area contributed by atoms with Crippen LogP contribution in [-0.2, 0) is 9.47 Å². The minimum Gasteiger partial charge on any atom is -0.493 e. The van der Waals surface area contributed by atoms with E-state index in [-0.39, 0.29) is 0 Å². The Balaban J connectivity index is 4.35. The van der Waals surface area contributed by atoms with E-state index in [2.05, 4.69) is 6.92 Å². The van der Waals surface area contributed by atoms with Crippen LogP contribution in [-0.4, -0.2) is 14.2 Å². The van der Waals surface area contributed by atoms with Crippen molar-refractivity contribution in [2.45, 2.75) is 20.3 Å². The lowest BCUT2D eigenvalue weighted by atomic mass is 10.3. The third-order valence-corrected chi connectivity index (χ3v) is 1.33. The van der Waals surface area contributed by atoms with Gasteiger partial charge in [0.15, 0.2) is 11.5 Å². The maximum absolute atomic E-state index is 5.10. The highest BCUT2D eigenvalue weighted by Crippen LogP contribution is 2.11. The van der Waals surface area contributed by atoms with Gasteiger partial charge in [-0.15, -0.1) is 0 Å². The lowest BCUT2D eigenvalue weighted by molar-refractivity contribution is 0.219. The van der Waals surface area contributed by atoms with Crippen molar-refractivity contribution in [3.8, 4) is 0 Å². The Morgan fingerprint density at radius 2 is 1.73 bits per heavy atom. The van der Waals surface area contributed by atoms with E-state index in [0.29, 0.717) is 0 Å². The molecular weight excluding hydrogens is 140 g/mol. The second-order valence-electron chi connectivity index (χ2n) is 2.04. The highest BCUT2D eigenvalue weighted by Gasteiger charge is 2.01. The maximum atomic E-state index is 5.10. The lowest BCUT2D eigenvalue weighted by Gasteiger charge is -2.08. The van der Waals surface area contributed by atoms with Gasteiger partial charge in [0.05, 0.1) is 14.2 Å². The van der Waals surface area contributed by atoms with Crippen molar-refractivity contribution in [3.63, 3.8) is 0 Å². The number of allylic oxidation sites excluding steroid dienone is 2. The second-order valence-corrected chi connectivity index (χ2v) is 2.04. The number of hydrogen-bond donors (Lipinski definition) is 0. The molecule has 0 saturated heterocycles. The fourth-order valence-corrected chi connectivity index (χ4v) is 0.831. The molecule has 0 atom stereocenters. The molecule has 11 heavy (non-hydrogen) atoms. The summed E-state index contributed by atoms with van der Waals surface area (Å²) < 4.78 is 10.2. The molecule has 0 rings (SSSR count). The number of hydrogen-bond acceptors (Lipinski definition) is 2. The summed E-state index contributed by atoms with van der Waals surface area (Å²) in [6, 6.07) is 0. The Kier molecular flexibility index (Phi) is 5.35. The third kappa shape index (κ3) is 3.12. The Labute approximate surface area is 68.5 Å². The molecule has 0 spiro atoms. The molecule has 0 aromatic heterocycles. The summed E-state index contributed by atoms with van der Waals surface area (Å²) in [4.78, 5) is 0. The van der Waals surface area contributed by atoms with Crippen molar-refractivity contribution >= 4 is 0 Å². The first-order valence-electron chi connectivity index (χ1n) is 3.74. The van der Waals surface area contributed by atoms with Crippen LogP contribution in [0.3, 0.4) is 0 Å². The first-order chi connectivity index (χ1) is 5.29. The van der Waals surface area contributed by atoms with E-state index in [1.54, 1.807) is 14.2 Å². The largest absolute Gasteiger partial charge is 0.493 e. The molecule has 0 saturated carbocycles. The topological polar surface area (TPSA) is 18.5 Å². The summed E-state index contributed by atoms with van der Waals surface area (Å²) in [5.41, 5.74) is 0. The van der Waals surface area contributed by atoms with Gasteiger partial charge in [0.25, 0.3) is 0 Å². The Bertz CT molecular complexity index is 157. The zero-order valence-electron chi connectivity index (χ0n) is 7.68. The van der Waals surface area contributed by atoms with Gasteiger partial charge in [-0.25, -0.2) is 0 Å². The quantitative estimate of drug-likeness (QED) is 0.460. The summed E-state index contributed by atoms with van der Waals surface area (Å²) in [6.45, 7) is 3.98. The smallest absolute Gasteiger partial charge is 0.156 e. The van der Waals surface area contributed by atoms with Crippen LogP contribution in [0, 0.1) is 0 Å². The van der Waals surface area contributed by atoms with E-state index in [4.69, 9.17) is 9.47 Å². The van der Waals surface area contributed by atoms with Gasteiger partial charge in [-0.2, -0.15) is 0 Å². The monoisotopic (exact) mass is 156 g/mol. The Morgan fingerprint density at radius 1 is 1.18 bits per heavy atom. The number of methoxy groups -OCH3 is 2. The molecule has 2 nitrogen and oxygen atoms in total. The molecule has 0 aromatic rings. The van der Waals surface area contributed by atoms with Crippen LogP contribution in [0.1, 0.15) is 20.3 Å². The minimum atomic E-state index is 0.786. The molecule has 0 bridgehead atoms. The van der Waals surface area contributed by atoms with Crippen LogP contribution in [0.5, 0.6) is 0 Å². The summed E-state index contributed by atoms with van der Waals surface area (Å²) in [7, 11) is 3.28. The van der Waals surface area contributed by atoms with Crippen molar-refractivity contribution in [2.24, 2.45) is 0 Å². The van der Waals surface area contributed by atoms with E-state index in [9.17, 15) is 0 Å². The molecular formula is C9H16O2. The molecule has 0 heterocycles. The molecule has 0 fully saturated rings. The van der Waals surface area contributed by atoms with Gasteiger partial charge in [-0.1, -0.05) is 6.92 Å². The molecule has 64 valence electrons. The molecule has 2 heteroatoms. The van der Waals surface area contributed by atoms with Gasteiger partial charge in [0.2, 0.25) is 0 Å². The highest BCUT2D eigenvalue weighted by molar-refractivity contribution is 5.18. The Hall–Kier alpha value is -0.920. The van der Waals surface area contributed by atoms with E-state index in [1.807, 2.05) is 19.1 Å². The van der Waals surface area contributed by atoms with Crippen molar-refractivity contribution in [1.82, 2.24) is 0 Å². The Morgan fingerprint density at radius 3 is 2.00 bits per heavy atom. The minimum absolute atomic E-state index is 0.786. The summed E-state index contributed by atoms with van der Waals surface area (Å²) in [6.07, 6.45) is 4.81. The van der Waals surface area contributed by atoms with Crippen LogP contribution >= 0.6 is 0 Å².